The van der Waals surface area contributed by atoms with Crippen molar-refractivity contribution in [2.24, 2.45) is 11.3 Å². The molecule has 0 amide bonds. The molecule has 0 atom stereocenters. The minimum atomic E-state index is -0.336. The Morgan fingerprint density at radius 1 is 0.864 bits per heavy atom. The molecular formula is C34H34N8O2. The van der Waals surface area contributed by atoms with E-state index in [1.807, 2.05) is 59.2 Å². The van der Waals surface area contributed by atoms with Crippen molar-refractivity contribution in [1.29, 1.82) is 0 Å². The molecule has 3 heterocycles. The van der Waals surface area contributed by atoms with Crippen molar-refractivity contribution >= 4 is 11.2 Å². The first kappa shape index (κ1) is 27.7. The number of benzene rings is 3. The minimum Gasteiger partial charge on any atom is -0.318 e. The summed E-state index contributed by atoms with van der Waals surface area (Å²) in [6, 6.07) is 25.7. The Bertz CT molecular complexity index is 2060. The second-order valence-corrected chi connectivity index (χ2v) is 12.8. The van der Waals surface area contributed by atoms with E-state index in [1.165, 1.54) is 4.57 Å². The second-order valence-electron chi connectivity index (χ2n) is 12.8. The number of imidazole rings is 1. The van der Waals surface area contributed by atoms with E-state index < -0.39 is 0 Å². The molecule has 0 bridgehead atoms. The number of para-hydroxylation sites is 1. The highest BCUT2D eigenvalue weighted by Gasteiger charge is 2.28. The zero-order valence-corrected chi connectivity index (χ0v) is 25.1. The van der Waals surface area contributed by atoms with Crippen LogP contribution in [0, 0.1) is 11.3 Å². The van der Waals surface area contributed by atoms with Gasteiger partial charge in [-0.25, -0.2) is 14.3 Å². The molecule has 1 saturated carbocycles. The van der Waals surface area contributed by atoms with E-state index >= 15 is 0 Å². The molecule has 3 aromatic carbocycles. The van der Waals surface area contributed by atoms with Crippen molar-refractivity contribution in [2.75, 3.05) is 0 Å². The number of hydrogen-bond donors (Lipinski definition) is 1. The number of nitrogens with one attached hydrogen (secondary N) is 1. The quantitative estimate of drug-likeness (QED) is 0.261. The Hall–Kier alpha value is -5.12. The first-order chi connectivity index (χ1) is 21.3. The van der Waals surface area contributed by atoms with Crippen molar-refractivity contribution < 1.29 is 0 Å². The number of fused-ring (bicyclic) bond motifs is 1. The van der Waals surface area contributed by atoms with Gasteiger partial charge in [-0.2, -0.15) is 5.21 Å². The SMILES string of the molecule is CC(C)(C)Cc1nc2c(c(=O)n(CC3CC3)c(=O)n2-c2ccccc2)n1Cc1ccc(-c2ccccc2-c2nn[nH]n2)cc1. The first-order valence-electron chi connectivity index (χ1n) is 15.0. The van der Waals surface area contributed by atoms with Gasteiger partial charge >= 0.3 is 5.69 Å². The Morgan fingerprint density at radius 2 is 1.57 bits per heavy atom. The Kier molecular flexibility index (Phi) is 6.84. The van der Waals surface area contributed by atoms with E-state index in [9.17, 15) is 9.59 Å². The van der Waals surface area contributed by atoms with Gasteiger partial charge in [-0.3, -0.25) is 9.36 Å². The van der Waals surface area contributed by atoms with Gasteiger partial charge in [-0.15, -0.1) is 10.2 Å². The summed E-state index contributed by atoms with van der Waals surface area (Å²) in [5, 5.41) is 14.6. The molecule has 0 aliphatic heterocycles. The van der Waals surface area contributed by atoms with E-state index in [0.29, 0.717) is 48.1 Å². The van der Waals surface area contributed by atoms with Crippen LogP contribution in [0.4, 0.5) is 0 Å². The molecule has 1 aliphatic rings. The lowest BCUT2D eigenvalue weighted by Crippen LogP contribution is -2.40. The molecule has 7 rings (SSSR count). The van der Waals surface area contributed by atoms with Crippen molar-refractivity contribution in [1.82, 2.24) is 39.3 Å². The van der Waals surface area contributed by atoms with Gasteiger partial charge in [0.15, 0.2) is 11.2 Å². The van der Waals surface area contributed by atoms with Gasteiger partial charge in [0.2, 0.25) is 5.82 Å². The third-order valence-electron chi connectivity index (χ3n) is 8.07. The van der Waals surface area contributed by atoms with E-state index in [2.05, 4.69) is 65.7 Å². The number of rotatable bonds is 8. The summed E-state index contributed by atoms with van der Waals surface area (Å²) in [5.41, 5.74) is 4.78. The second kappa shape index (κ2) is 10.9. The maximum absolute atomic E-state index is 14.1. The summed E-state index contributed by atoms with van der Waals surface area (Å²) in [4.78, 5) is 33.0. The average Bonchev–Trinajstić information content (AvgIpc) is 3.54. The number of nitrogens with zero attached hydrogens (tertiary/aromatic N) is 7. The highest BCUT2D eigenvalue weighted by atomic mass is 16.2. The van der Waals surface area contributed by atoms with Crippen LogP contribution in [0.3, 0.4) is 0 Å². The number of tetrazole rings is 1. The van der Waals surface area contributed by atoms with Gasteiger partial charge in [-0.05, 0) is 58.2 Å². The maximum Gasteiger partial charge on any atom is 0.337 e. The summed E-state index contributed by atoms with van der Waals surface area (Å²) in [6.07, 6.45) is 2.71. The third-order valence-corrected chi connectivity index (χ3v) is 8.07. The van der Waals surface area contributed by atoms with Gasteiger partial charge in [0.05, 0.1) is 5.69 Å². The summed E-state index contributed by atoms with van der Waals surface area (Å²) >= 11 is 0. The van der Waals surface area contributed by atoms with Crippen LogP contribution in [0.2, 0.25) is 0 Å². The molecule has 44 heavy (non-hydrogen) atoms. The lowest BCUT2D eigenvalue weighted by molar-refractivity contribution is 0.394. The number of aromatic amines is 1. The van der Waals surface area contributed by atoms with Crippen LogP contribution in [0.25, 0.3) is 39.4 Å². The van der Waals surface area contributed by atoms with Gasteiger partial charge < -0.3 is 4.57 Å². The van der Waals surface area contributed by atoms with Crippen molar-refractivity contribution in [2.45, 2.75) is 53.1 Å². The van der Waals surface area contributed by atoms with Crippen LogP contribution in [0.5, 0.6) is 0 Å². The average molecular weight is 587 g/mol. The standard InChI is InChI=1S/C34H34N8O2/c1-34(2,3)19-28-35-31-29(32(43)41(21-22-13-14-22)33(44)42(31)25-9-5-4-6-10-25)40(28)20-23-15-17-24(18-16-23)26-11-7-8-12-27(26)30-36-38-39-37-30/h4-12,15-18,22H,13-14,19-21H2,1-3H3,(H,36,37,38,39). The van der Waals surface area contributed by atoms with E-state index in [1.54, 1.807) is 4.57 Å². The van der Waals surface area contributed by atoms with Gasteiger partial charge in [0.1, 0.15) is 5.82 Å². The molecule has 3 aromatic heterocycles. The molecule has 0 unspecified atom stereocenters. The lowest BCUT2D eigenvalue weighted by atomic mass is 9.92. The molecule has 6 aromatic rings. The Balaban J connectivity index is 1.37. The Morgan fingerprint density at radius 3 is 2.23 bits per heavy atom. The van der Waals surface area contributed by atoms with Crippen LogP contribution >= 0.6 is 0 Å². The smallest absolute Gasteiger partial charge is 0.318 e. The topological polar surface area (TPSA) is 116 Å². The molecular weight excluding hydrogens is 552 g/mol. The number of aromatic nitrogens is 8. The first-order valence-corrected chi connectivity index (χ1v) is 15.0. The molecule has 1 aliphatic carbocycles. The normalized spacial score (nSPS) is 13.5. The summed E-state index contributed by atoms with van der Waals surface area (Å²) in [5.74, 6) is 1.67. The van der Waals surface area contributed by atoms with E-state index in [-0.39, 0.29) is 16.7 Å². The van der Waals surface area contributed by atoms with Crippen molar-refractivity contribution in [3.05, 3.63) is 111 Å². The molecule has 10 heteroatoms. The molecule has 0 saturated heterocycles. The van der Waals surface area contributed by atoms with Crippen LogP contribution in [0.1, 0.15) is 45.0 Å². The largest absolute Gasteiger partial charge is 0.337 e. The summed E-state index contributed by atoms with van der Waals surface area (Å²) in [7, 11) is 0. The molecule has 0 radical (unpaired) electrons. The van der Waals surface area contributed by atoms with Gasteiger partial charge in [-0.1, -0.05) is 87.5 Å². The molecule has 1 fully saturated rings. The monoisotopic (exact) mass is 586 g/mol. The number of H-pyrrole nitrogens is 1. The highest BCUT2D eigenvalue weighted by molar-refractivity contribution is 5.80. The predicted molar refractivity (Wildman–Crippen MR) is 170 cm³/mol. The molecule has 1 N–H and O–H groups in total. The fourth-order valence-corrected chi connectivity index (χ4v) is 5.77. The third kappa shape index (κ3) is 5.27. The number of hydrogen-bond acceptors (Lipinski definition) is 6. The van der Waals surface area contributed by atoms with E-state index in [0.717, 1.165) is 40.9 Å². The fourth-order valence-electron chi connectivity index (χ4n) is 5.77. The highest BCUT2D eigenvalue weighted by Crippen LogP contribution is 2.32. The zero-order chi connectivity index (χ0) is 30.4. The Labute approximate surface area is 254 Å². The molecule has 222 valence electrons. The lowest BCUT2D eigenvalue weighted by Gasteiger charge is -2.19. The van der Waals surface area contributed by atoms with Crippen LogP contribution in [-0.4, -0.2) is 39.3 Å². The predicted octanol–water partition coefficient (Wildman–Crippen LogP) is 5.24. The van der Waals surface area contributed by atoms with Crippen molar-refractivity contribution in [3.8, 4) is 28.2 Å². The summed E-state index contributed by atoms with van der Waals surface area (Å²) in [6.45, 7) is 7.34. The van der Waals surface area contributed by atoms with Gasteiger partial charge in [0, 0.05) is 25.1 Å². The van der Waals surface area contributed by atoms with E-state index in [4.69, 9.17) is 4.98 Å². The molecule has 0 spiro atoms. The van der Waals surface area contributed by atoms with Crippen molar-refractivity contribution in [3.63, 3.8) is 0 Å². The van der Waals surface area contributed by atoms with Crippen LogP contribution in [0.15, 0.2) is 88.5 Å². The molecule has 10 nitrogen and oxygen atoms in total. The minimum absolute atomic E-state index is 0.0905. The maximum atomic E-state index is 14.1. The van der Waals surface area contributed by atoms with Crippen LogP contribution in [-0.2, 0) is 19.5 Å². The van der Waals surface area contributed by atoms with Crippen LogP contribution < -0.4 is 11.2 Å². The zero-order valence-electron chi connectivity index (χ0n) is 25.1. The van der Waals surface area contributed by atoms with Gasteiger partial charge in [0.25, 0.3) is 5.56 Å². The fraction of sp³-hybridized carbons (Fsp3) is 0.294. The summed E-state index contributed by atoms with van der Waals surface area (Å²) < 4.78 is 5.05.